The summed E-state index contributed by atoms with van der Waals surface area (Å²) in [6.45, 7) is 0.890. The van der Waals surface area contributed by atoms with Crippen molar-refractivity contribution in [3.05, 3.63) is 0 Å². The molecule has 2 aliphatic rings. The molecule has 0 bridgehead atoms. The summed E-state index contributed by atoms with van der Waals surface area (Å²) in [6.07, 6.45) is 5.12. The molecule has 1 heterocycles. The van der Waals surface area contributed by atoms with E-state index in [2.05, 4.69) is 0 Å². The van der Waals surface area contributed by atoms with Gasteiger partial charge in [-0.15, -0.1) is 0 Å². The molecule has 9 heavy (non-hydrogen) atoms. The zero-order valence-electron chi connectivity index (χ0n) is 5.60. The fourth-order valence-corrected chi connectivity index (χ4v) is 1.99. The average molecular weight is 127 g/mol. The van der Waals surface area contributed by atoms with Crippen LogP contribution < -0.4 is 5.73 Å². The molecule has 2 N–H and O–H groups in total. The molecule has 0 aromatic heterocycles. The van der Waals surface area contributed by atoms with Crippen LogP contribution in [0.5, 0.6) is 0 Å². The Labute approximate surface area is 55.4 Å². The van der Waals surface area contributed by atoms with Gasteiger partial charge >= 0.3 is 0 Å². The van der Waals surface area contributed by atoms with Gasteiger partial charge in [0.25, 0.3) is 0 Å². The van der Waals surface area contributed by atoms with Gasteiger partial charge in [-0.2, -0.15) is 0 Å². The molecule has 2 heteroatoms. The first kappa shape index (κ1) is 5.69. The minimum Gasteiger partial charge on any atom is -0.376 e. The van der Waals surface area contributed by atoms with E-state index < -0.39 is 0 Å². The van der Waals surface area contributed by atoms with Crippen molar-refractivity contribution in [2.24, 2.45) is 5.73 Å². The minimum atomic E-state index is 0.0833. The molecule has 1 aliphatic carbocycles. The maximum atomic E-state index is 6.04. The summed E-state index contributed by atoms with van der Waals surface area (Å²) in [4.78, 5) is 0. The molecule has 1 saturated heterocycles. The van der Waals surface area contributed by atoms with E-state index in [1.165, 1.54) is 19.3 Å². The molecule has 2 atom stereocenters. The third-order valence-corrected chi connectivity index (χ3v) is 2.64. The SMILES string of the molecule is N[C@@]12CCC[C@H]1OCC2. The Morgan fingerprint density at radius 1 is 1.44 bits per heavy atom. The van der Waals surface area contributed by atoms with Gasteiger partial charge in [-0.1, -0.05) is 0 Å². The highest BCUT2D eigenvalue weighted by molar-refractivity contribution is 5.00. The van der Waals surface area contributed by atoms with Crippen LogP contribution in [0.15, 0.2) is 0 Å². The van der Waals surface area contributed by atoms with Crippen molar-refractivity contribution in [3.8, 4) is 0 Å². The van der Waals surface area contributed by atoms with E-state index >= 15 is 0 Å². The van der Waals surface area contributed by atoms with Gasteiger partial charge in [-0.05, 0) is 25.7 Å². The first-order valence-electron chi connectivity index (χ1n) is 3.72. The number of ether oxygens (including phenoxy) is 1. The lowest BCUT2D eigenvalue weighted by Gasteiger charge is -2.20. The molecule has 0 radical (unpaired) electrons. The van der Waals surface area contributed by atoms with Crippen molar-refractivity contribution >= 4 is 0 Å². The second kappa shape index (κ2) is 1.70. The second-order valence-corrected chi connectivity index (χ2v) is 3.23. The standard InChI is InChI=1S/C7H13NO/c8-7-3-1-2-6(7)9-5-4-7/h6H,1-5,8H2/t6-,7-/m1/s1. The van der Waals surface area contributed by atoms with Crippen LogP contribution in [0.1, 0.15) is 25.7 Å². The Balaban J connectivity index is 2.17. The largest absolute Gasteiger partial charge is 0.376 e. The van der Waals surface area contributed by atoms with E-state index in [1.54, 1.807) is 0 Å². The molecule has 1 aliphatic heterocycles. The number of hydrogen-bond donors (Lipinski definition) is 1. The van der Waals surface area contributed by atoms with Gasteiger partial charge in [0.05, 0.1) is 6.10 Å². The summed E-state index contributed by atoms with van der Waals surface area (Å²) in [5.41, 5.74) is 6.12. The first-order valence-corrected chi connectivity index (χ1v) is 3.72. The van der Waals surface area contributed by atoms with E-state index in [4.69, 9.17) is 10.5 Å². The molecule has 0 spiro atoms. The monoisotopic (exact) mass is 127 g/mol. The van der Waals surface area contributed by atoms with Crippen LogP contribution in [0.3, 0.4) is 0 Å². The first-order chi connectivity index (χ1) is 4.31. The summed E-state index contributed by atoms with van der Waals surface area (Å²) in [7, 11) is 0. The van der Waals surface area contributed by atoms with Gasteiger partial charge in [0.1, 0.15) is 0 Å². The molecule has 2 fully saturated rings. The maximum Gasteiger partial charge on any atom is 0.0755 e. The summed E-state index contributed by atoms with van der Waals surface area (Å²) < 4.78 is 5.45. The third kappa shape index (κ3) is 0.700. The lowest BCUT2D eigenvalue weighted by atomic mass is 9.96. The van der Waals surface area contributed by atoms with Crippen molar-refractivity contribution in [1.29, 1.82) is 0 Å². The van der Waals surface area contributed by atoms with Crippen LogP contribution in [0.2, 0.25) is 0 Å². The van der Waals surface area contributed by atoms with Gasteiger partial charge in [0, 0.05) is 12.1 Å². The molecule has 0 aromatic carbocycles. The minimum absolute atomic E-state index is 0.0833. The molecule has 0 aromatic rings. The molecular weight excluding hydrogens is 114 g/mol. The van der Waals surface area contributed by atoms with Gasteiger partial charge in [-0.3, -0.25) is 0 Å². The fraction of sp³-hybridized carbons (Fsp3) is 1.00. The summed E-state index contributed by atoms with van der Waals surface area (Å²) >= 11 is 0. The summed E-state index contributed by atoms with van der Waals surface area (Å²) in [6, 6.07) is 0. The number of hydrogen-bond acceptors (Lipinski definition) is 2. The van der Waals surface area contributed by atoms with Gasteiger partial charge in [-0.25, -0.2) is 0 Å². The van der Waals surface area contributed by atoms with Crippen LogP contribution in [-0.2, 0) is 4.74 Å². The Bertz CT molecular complexity index is 114. The smallest absolute Gasteiger partial charge is 0.0755 e. The normalized spacial score (nSPS) is 49.7. The van der Waals surface area contributed by atoms with Crippen LogP contribution in [0, 0.1) is 0 Å². The number of fused-ring (bicyclic) bond motifs is 1. The van der Waals surface area contributed by atoms with Crippen molar-refractivity contribution in [2.75, 3.05) is 6.61 Å². The van der Waals surface area contributed by atoms with Gasteiger partial charge in [0.15, 0.2) is 0 Å². The molecule has 0 amide bonds. The zero-order valence-corrected chi connectivity index (χ0v) is 5.60. The van der Waals surface area contributed by atoms with Crippen molar-refractivity contribution < 1.29 is 4.74 Å². The van der Waals surface area contributed by atoms with Crippen molar-refractivity contribution in [3.63, 3.8) is 0 Å². The average Bonchev–Trinajstić information content (AvgIpc) is 2.22. The molecule has 52 valence electrons. The van der Waals surface area contributed by atoms with Crippen LogP contribution >= 0.6 is 0 Å². The van der Waals surface area contributed by atoms with Crippen molar-refractivity contribution in [1.82, 2.24) is 0 Å². The van der Waals surface area contributed by atoms with Crippen LogP contribution in [-0.4, -0.2) is 18.2 Å². The van der Waals surface area contributed by atoms with E-state index in [0.29, 0.717) is 6.10 Å². The molecule has 0 unspecified atom stereocenters. The molecular formula is C7H13NO. The van der Waals surface area contributed by atoms with Gasteiger partial charge < -0.3 is 10.5 Å². The Kier molecular flexibility index (Phi) is 1.08. The Morgan fingerprint density at radius 3 is 3.11 bits per heavy atom. The highest BCUT2D eigenvalue weighted by Gasteiger charge is 2.43. The third-order valence-electron chi connectivity index (χ3n) is 2.64. The van der Waals surface area contributed by atoms with E-state index in [1.807, 2.05) is 0 Å². The predicted molar refractivity (Wildman–Crippen MR) is 35.1 cm³/mol. The molecule has 2 nitrogen and oxygen atoms in total. The van der Waals surface area contributed by atoms with Gasteiger partial charge in [0.2, 0.25) is 0 Å². The lowest BCUT2D eigenvalue weighted by Crippen LogP contribution is -2.42. The van der Waals surface area contributed by atoms with E-state index in [9.17, 15) is 0 Å². The number of nitrogens with two attached hydrogens (primary N) is 1. The predicted octanol–water partition coefficient (Wildman–Crippen LogP) is 0.657. The lowest BCUT2D eigenvalue weighted by molar-refractivity contribution is 0.0951. The second-order valence-electron chi connectivity index (χ2n) is 3.23. The van der Waals surface area contributed by atoms with Crippen molar-refractivity contribution in [2.45, 2.75) is 37.3 Å². The zero-order chi connectivity index (χ0) is 6.32. The Hall–Kier alpha value is -0.0800. The molecule has 1 saturated carbocycles. The highest BCUT2D eigenvalue weighted by atomic mass is 16.5. The van der Waals surface area contributed by atoms with E-state index in [-0.39, 0.29) is 5.54 Å². The molecule has 2 rings (SSSR count). The van der Waals surface area contributed by atoms with Crippen LogP contribution in [0.25, 0.3) is 0 Å². The topological polar surface area (TPSA) is 35.2 Å². The fourth-order valence-electron chi connectivity index (χ4n) is 1.99. The summed E-state index contributed by atoms with van der Waals surface area (Å²) in [5, 5.41) is 0. The Morgan fingerprint density at radius 2 is 2.33 bits per heavy atom. The van der Waals surface area contributed by atoms with Crippen LogP contribution in [0.4, 0.5) is 0 Å². The highest BCUT2D eigenvalue weighted by Crippen LogP contribution is 2.37. The summed E-state index contributed by atoms with van der Waals surface area (Å²) in [5.74, 6) is 0. The maximum absolute atomic E-state index is 6.04. The number of rotatable bonds is 0. The van der Waals surface area contributed by atoms with E-state index in [0.717, 1.165) is 13.0 Å². The quantitative estimate of drug-likeness (QED) is 0.518.